The van der Waals surface area contributed by atoms with E-state index in [1.165, 1.54) is 12.4 Å². The Labute approximate surface area is 138 Å². The van der Waals surface area contributed by atoms with Crippen LogP contribution in [0.3, 0.4) is 0 Å². The van der Waals surface area contributed by atoms with Crippen molar-refractivity contribution in [1.29, 1.82) is 0 Å². The third-order valence-electron chi connectivity index (χ3n) is 3.89. The van der Waals surface area contributed by atoms with Crippen LogP contribution in [0.2, 0.25) is 0 Å². The lowest BCUT2D eigenvalue weighted by Gasteiger charge is -2.16. The van der Waals surface area contributed by atoms with Gasteiger partial charge in [-0.1, -0.05) is 18.2 Å². The van der Waals surface area contributed by atoms with E-state index in [1.807, 2.05) is 0 Å². The molecule has 1 aliphatic heterocycles. The molecule has 0 spiro atoms. The average molecular weight is 327 g/mol. The lowest BCUT2D eigenvalue weighted by atomic mass is 10.1. The van der Waals surface area contributed by atoms with Gasteiger partial charge in [0.25, 0.3) is 5.69 Å². The van der Waals surface area contributed by atoms with E-state index in [4.69, 9.17) is 0 Å². The van der Waals surface area contributed by atoms with E-state index in [0.717, 1.165) is 31.7 Å². The zero-order valence-electron chi connectivity index (χ0n) is 13.0. The molecule has 1 saturated heterocycles. The predicted molar refractivity (Wildman–Crippen MR) is 88.9 cm³/mol. The quantitative estimate of drug-likeness (QED) is 0.667. The highest BCUT2D eigenvalue weighted by Gasteiger charge is 2.17. The van der Waals surface area contributed by atoms with Crippen molar-refractivity contribution in [2.75, 3.05) is 23.3 Å². The van der Waals surface area contributed by atoms with Crippen LogP contribution in [0, 0.1) is 10.1 Å². The van der Waals surface area contributed by atoms with Crippen LogP contribution in [0.1, 0.15) is 18.4 Å². The molecular weight excluding hydrogens is 310 g/mol. The predicted octanol–water partition coefficient (Wildman–Crippen LogP) is 2.17. The second-order valence-electron chi connectivity index (χ2n) is 5.57. The summed E-state index contributed by atoms with van der Waals surface area (Å²) in [5, 5.41) is 13.7. The van der Waals surface area contributed by atoms with Gasteiger partial charge in [-0.25, -0.2) is 9.97 Å². The monoisotopic (exact) mass is 327 g/mol. The second kappa shape index (κ2) is 7.03. The molecule has 0 atom stereocenters. The lowest BCUT2D eigenvalue weighted by Crippen LogP contribution is -2.20. The Morgan fingerprint density at radius 1 is 1.25 bits per heavy atom. The second-order valence-corrected chi connectivity index (χ2v) is 5.57. The minimum atomic E-state index is -0.487. The maximum absolute atomic E-state index is 12.2. The summed E-state index contributed by atoms with van der Waals surface area (Å²) in [4.78, 5) is 33.1. The van der Waals surface area contributed by atoms with Crippen LogP contribution < -0.4 is 10.2 Å². The number of nitrogens with zero attached hydrogens (tertiary/aromatic N) is 4. The van der Waals surface area contributed by atoms with Crippen LogP contribution in [0.25, 0.3) is 0 Å². The molecule has 2 aromatic rings. The van der Waals surface area contributed by atoms with Crippen molar-refractivity contribution in [3.63, 3.8) is 0 Å². The summed E-state index contributed by atoms with van der Waals surface area (Å²) in [7, 11) is 0. The SMILES string of the molecule is O=C(Cc1ccccc1[N+](=O)[O-])Nc1cc(N2CCCC2)ncn1. The number of anilines is 2. The summed E-state index contributed by atoms with van der Waals surface area (Å²) in [6.45, 7) is 1.89. The van der Waals surface area contributed by atoms with E-state index in [0.29, 0.717) is 11.4 Å². The van der Waals surface area contributed by atoms with Gasteiger partial charge in [0.1, 0.15) is 18.0 Å². The van der Waals surface area contributed by atoms with E-state index in [2.05, 4.69) is 20.2 Å². The van der Waals surface area contributed by atoms with Gasteiger partial charge in [0.2, 0.25) is 5.91 Å². The summed E-state index contributed by atoms with van der Waals surface area (Å²) >= 11 is 0. The van der Waals surface area contributed by atoms with Crippen molar-refractivity contribution in [3.05, 3.63) is 52.3 Å². The van der Waals surface area contributed by atoms with Gasteiger partial charge >= 0.3 is 0 Å². The summed E-state index contributed by atoms with van der Waals surface area (Å²) in [5.74, 6) is 0.828. The molecule has 1 aliphatic rings. The zero-order chi connectivity index (χ0) is 16.9. The number of carbonyl (C=O) groups is 1. The Kier molecular flexibility index (Phi) is 4.64. The van der Waals surface area contributed by atoms with Crippen molar-refractivity contribution in [2.24, 2.45) is 0 Å². The van der Waals surface area contributed by atoms with Gasteiger partial charge in [0, 0.05) is 30.8 Å². The third kappa shape index (κ3) is 3.65. The molecule has 24 heavy (non-hydrogen) atoms. The van der Waals surface area contributed by atoms with Crippen LogP contribution in [-0.4, -0.2) is 33.9 Å². The number of hydrogen-bond acceptors (Lipinski definition) is 6. The molecule has 1 aromatic carbocycles. The largest absolute Gasteiger partial charge is 0.356 e. The Balaban J connectivity index is 1.69. The van der Waals surface area contributed by atoms with Crippen LogP contribution in [0.15, 0.2) is 36.7 Å². The maximum Gasteiger partial charge on any atom is 0.273 e. The average Bonchev–Trinajstić information content (AvgIpc) is 3.10. The molecule has 2 heterocycles. The Hall–Kier alpha value is -3.03. The Morgan fingerprint density at radius 3 is 2.75 bits per heavy atom. The Morgan fingerprint density at radius 2 is 2.00 bits per heavy atom. The highest BCUT2D eigenvalue weighted by molar-refractivity contribution is 5.92. The first kappa shape index (κ1) is 15.9. The first-order chi connectivity index (χ1) is 11.6. The number of hydrogen-bond donors (Lipinski definition) is 1. The number of benzene rings is 1. The van der Waals surface area contributed by atoms with Gasteiger partial charge < -0.3 is 10.2 Å². The molecule has 1 N–H and O–H groups in total. The molecule has 1 amide bonds. The number of nitro benzene ring substituents is 1. The zero-order valence-corrected chi connectivity index (χ0v) is 13.0. The van der Waals surface area contributed by atoms with E-state index in [9.17, 15) is 14.9 Å². The third-order valence-corrected chi connectivity index (χ3v) is 3.89. The first-order valence-electron chi connectivity index (χ1n) is 7.72. The molecule has 8 nitrogen and oxygen atoms in total. The summed E-state index contributed by atoms with van der Waals surface area (Å²) in [6, 6.07) is 7.94. The lowest BCUT2D eigenvalue weighted by molar-refractivity contribution is -0.385. The molecule has 3 rings (SSSR count). The normalized spacial score (nSPS) is 13.8. The molecule has 0 saturated carbocycles. The number of carbonyl (C=O) groups excluding carboxylic acids is 1. The molecule has 0 unspecified atom stereocenters. The molecule has 124 valence electrons. The molecule has 0 bridgehead atoms. The number of nitrogens with one attached hydrogen (secondary N) is 1. The van der Waals surface area contributed by atoms with Crippen LogP contribution in [0.4, 0.5) is 17.3 Å². The molecule has 0 radical (unpaired) electrons. The highest BCUT2D eigenvalue weighted by atomic mass is 16.6. The van der Waals surface area contributed by atoms with Gasteiger partial charge in [0.05, 0.1) is 11.3 Å². The smallest absolute Gasteiger partial charge is 0.273 e. The minimum absolute atomic E-state index is 0.0620. The van der Waals surface area contributed by atoms with Gasteiger partial charge in [-0.15, -0.1) is 0 Å². The molecule has 1 fully saturated rings. The van der Waals surface area contributed by atoms with Crippen molar-refractivity contribution in [3.8, 4) is 0 Å². The molecular formula is C16H17N5O3. The van der Waals surface area contributed by atoms with E-state index < -0.39 is 4.92 Å². The first-order valence-corrected chi connectivity index (χ1v) is 7.72. The van der Waals surface area contributed by atoms with E-state index in [-0.39, 0.29) is 18.0 Å². The fraction of sp³-hybridized carbons (Fsp3) is 0.312. The van der Waals surface area contributed by atoms with Crippen LogP contribution >= 0.6 is 0 Å². The van der Waals surface area contributed by atoms with Crippen molar-refractivity contribution >= 4 is 23.2 Å². The highest BCUT2D eigenvalue weighted by Crippen LogP contribution is 2.21. The standard InChI is InChI=1S/C16H17N5O3/c22-16(9-12-5-1-2-6-13(12)21(23)24)19-14-10-15(18-11-17-14)20-7-3-4-8-20/h1-2,5-6,10-11H,3-4,7-9H2,(H,17,18,19,22). The Bertz CT molecular complexity index is 759. The molecule has 8 heteroatoms. The van der Waals surface area contributed by atoms with E-state index in [1.54, 1.807) is 24.3 Å². The number of amides is 1. The molecule has 1 aromatic heterocycles. The fourth-order valence-electron chi connectivity index (χ4n) is 2.73. The molecule has 0 aliphatic carbocycles. The van der Waals surface area contributed by atoms with Gasteiger partial charge in [-0.3, -0.25) is 14.9 Å². The topological polar surface area (TPSA) is 101 Å². The van der Waals surface area contributed by atoms with E-state index >= 15 is 0 Å². The van der Waals surface area contributed by atoms with Crippen LogP contribution in [-0.2, 0) is 11.2 Å². The fourth-order valence-corrected chi connectivity index (χ4v) is 2.73. The van der Waals surface area contributed by atoms with Gasteiger partial charge in [-0.05, 0) is 12.8 Å². The maximum atomic E-state index is 12.2. The number of para-hydroxylation sites is 1. The number of aromatic nitrogens is 2. The van der Waals surface area contributed by atoms with Gasteiger partial charge in [-0.2, -0.15) is 0 Å². The van der Waals surface area contributed by atoms with Crippen molar-refractivity contribution in [2.45, 2.75) is 19.3 Å². The van der Waals surface area contributed by atoms with Crippen molar-refractivity contribution < 1.29 is 9.72 Å². The summed E-state index contributed by atoms with van der Waals surface area (Å²) < 4.78 is 0. The van der Waals surface area contributed by atoms with Crippen molar-refractivity contribution in [1.82, 2.24) is 9.97 Å². The summed E-state index contributed by atoms with van der Waals surface area (Å²) in [6.07, 6.45) is 3.58. The summed E-state index contributed by atoms with van der Waals surface area (Å²) in [5.41, 5.74) is 0.307. The number of nitro groups is 1. The minimum Gasteiger partial charge on any atom is -0.356 e. The number of rotatable bonds is 5. The van der Waals surface area contributed by atoms with Gasteiger partial charge in [0.15, 0.2) is 0 Å². The van der Waals surface area contributed by atoms with Crippen LogP contribution in [0.5, 0.6) is 0 Å².